The van der Waals surface area contributed by atoms with Crippen LogP contribution in [0.25, 0.3) is 106 Å². The van der Waals surface area contributed by atoms with Crippen molar-refractivity contribution in [1.82, 2.24) is 19.5 Å². The summed E-state index contributed by atoms with van der Waals surface area (Å²) in [6.45, 7) is 0. The van der Waals surface area contributed by atoms with Crippen LogP contribution in [0.2, 0.25) is 0 Å². The van der Waals surface area contributed by atoms with Crippen LogP contribution in [0.15, 0.2) is 235 Å². The van der Waals surface area contributed by atoms with Gasteiger partial charge in [-0.15, -0.1) is 0 Å². The molecule has 1 aliphatic carbocycles. The molecule has 0 bridgehead atoms. The summed E-state index contributed by atoms with van der Waals surface area (Å²) in [6, 6.07) is 81.3. The normalized spacial score (nSPS) is 13.1. The fourth-order valence-corrected chi connectivity index (χ4v) is 11.6. The third-order valence-electron chi connectivity index (χ3n) is 14.5. The van der Waals surface area contributed by atoms with Crippen molar-refractivity contribution in [2.24, 2.45) is 0 Å². The summed E-state index contributed by atoms with van der Waals surface area (Å²) in [5.41, 5.74) is 16.1. The molecular weight excluding hydrogens is 857 g/mol. The van der Waals surface area contributed by atoms with Gasteiger partial charge in [0.1, 0.15) is 22.7 Å². The fourth-order valence-electron chi connectivity index (χ4n) is 11.6. The van der Waals surface area contributed by atoms with E-state index in [1.807, 2.05) is 42.5 Å². The Kier molecular flexibility index (Phi) is 8.18. The van der Waals surface area contributed by atoms with Gasteiger partial charge < -0.3 is 13.7 Å². The van der Waals surface area contributed by atoms with Crippen molar-refractivity contribution >= 4 is 43.7 Å². The van der Waals surface area contributed by atoms with E-state index < -0.39 is 5.41 Å². The minimum absolute atomic E-state index is 0.604. The first-order chi connectivity index (χ1) is 34.7. The first-order valence-electron chi connectivity index (χ1n) is 23.7. The van der Waals surface area contributed by atoms with Crippen molar-refractivity contribution in [3.05, 3.63) is 253 Å². The molecule has 2 aliphatic rings. The summed E-state index contributed by atoms with van der Waals surface area (Å²) in [5.74, 6) is 3.51. The van der Waals surface area contributed by atoms with Gasteiger partial charge in [-0.25, -0.2) is 15.0 Å². The molecule has 0 N–H and O–H groups in total. The van der Waals surface area contributed by atoms with Crippen LogP contribution in [0.5, 0.6) is 11.5 Å². The largest absolute Gasteiger partial charge is 0.457 e. The fraction of sp³-hybridized carbons (Fsp3) is 0.0156. The predicted molar refractivity (Wildman–Crippen MR) is 281 cm³/mol. The molecule has 1 aliphatic heterocycles. The Morgan fingerprint density at radius 1 is 0.357 bits per heavy atom. The molecule has 6 nitrogen and oxygen atoms in total. The van der Waals surface area contributed by atoms with Crippen molar-refractivity contribution in [1.29, 1.82) is 0 Å². The van der Waals surface area contributed by atoms with Gasteiger partial charge in [0.05, 0.1) is 21.8 Å². The first kappa shape index (κ1) is 38.7. The molecular formula is C64H38N4O2. The van der Waals surface area contributed by atoms with Crippen LogP contribution in [-0.2, 0) is 5.41 Å². The molecule has 70 heavy (non-hydrogen) atoms. The zero-order chi connectivity index (χ0) is 45.9. The average molecular weight is 895 g/mol. The summed E-state index contributed by atoms with van der Waals surface area (Å²) in [7, 11) is 0. The maximum atomic E-state index is 6.81. The standard InChI is InChI=1S/C64H38N4O2/c1-4-18-39(19-5-1)61-65-62(40-20-6-2-7-21-40)67-63(66-61)42-32-34-44-48-36-41(33-35-49(48)64(52(44)37-42)50-26-12-16-30-55(50)70-56-31-17-13-27-51(56)64)47-38-57-59(46-25-11-15-29-54(46)69-57)60-58(47)45-24-10-14-28-53(45)68(60)43-22-8-3-9-23-43/h1-38H. The van der Waals surface area contributed by atoms with Crippen LogP contribution in [0, 0.1) is 0 Å². The highest BCUT2D eigenvalue weighted by atomic mass is 16.5. The predicted octanol–water partition coefficient (Wildman–Crippen LogP) is 16.0. The van der Waals surface area contributed by atoms with Gasteiger partial charge in [-0.3, -0.25) is 0 Å². The number of hydrogen-bond donors (Lipinski definition) is 0. The van der Waals surface area contributed by atoms with Crippen LogP contribution >= 0.6 is 0 Å². The molecule has 0 radical (unpaired) electrons. The minimum atomic E-state index is -0.733. The molecule has 326 valence electrons. The van der Waals surface area contributed by atoms with Crippen LogP contribution < -0.4 is 4.74 Å². The molecule has 0 fully saturated rings. The summed E-state index contributed by atoms with van der Waals surface area (Å²) in [4.78, 5) is 15.4. The average Bonchev–Trinajstić information content (AvgIpc) is 4.08. The number of furan rings is 1. The molecule has 0 unspecified atom stereocenters. The highest BCUT2D eigenvalue weighted by Crippen LogP contribution is 2.63. The summed E-state index contributed by atoms with van der Waals surface area (Å²) < 4.78 is 16.0. The molecule has 0 atom stereocenters. The number of rotatable bonds is 5. The Hall–Kier alpha value is -9.39. The molecule has 1 spiro atoms. The molecule has 4 heterocycles. The van der Waals surface area contributed by atoms with E-state index in [9.17, 15) is 0 Å². The maximum Gasteiger partial charge on any atom is 0.164 e. The van der Waals surface area contributed by atoms with Crippen molar-refractivity contribution in [2.75, 3.05) is 0 Å². The van der Waals surface area contributed by atoms with Crippen LogP contribution in [-0.4, -0.2) is 19.5 Å². The van der Waals surface area contributed by atoms with Crippen molar-refractivity contribution in [3.8, 4) is 73.6 Å². The number of benzene rings is 10. The third kappa shape index (κ3) is 5.47. The van der Waals surface area contributed by atoms with E-state index in [-0.39, 0.29) is 0 Å². The lowest BCUT2D eigenvalue weighted by Gasteiger charge is -2.39. The van der Waals surface area contributed by atoms with Crippen LogP contribution in [0.3, 0.4) is 0 Å². The van der Waals surface area contributed by atoms with E-state index in [0.29, 0.717) is 17.5 Å². The molecule has 15 rings (SSSR count). The molecule has 0 saturated heterocycles. The van der Waals surface area contributed by atoms with E-state index in [4.69, 9.17) is 24.1 Å². The Bertz CT molecular complexity index is 4170. The number of fused-ring (bicyclic) bond motifs is 16. The lowest BCUT2D eigenvalue weighted by molar-refractivity contribution is 0.436. The number of ether oxygens (including phenoxy) is 1. The molecule has 13 aromatic rings. The van der Waals surface area contributed by atoms with Gasteiger partial charge in [0, 0.05) is 49.7 Å². The van der Waals surface area contributed by atoms with Crippen molar-refractivity contribution in [3.63, 3.8) is 0 Å². The Balaban J connectivity index is 1.02. The van der Waals surface area contributed by atoms with E-state index in [1.165, 1.54) is 16.3 Å². The summed E-state index contributed by atoms with van der Waals surface area (Å²) >= 11 is 0. The quantitative estimate of drug-likeness (QED) is 0.172. The number of nitrogens with zero attached hydrogens (tertiary/aromatic N) is 4. The smallest absolute Gasteiger partial charge is 0.164 e. The van der Waals surface area contributed by atoms with Crippen molar-refractivity contribution < 1.29 is 9.15 Å². The van der Waals surface area contributed by atoms with Gasteiger partial charge in [-0.1, -0.05) is 176 Å². The molecule has 0 amide bonds. The monoisotopic (exact) mass is 894 g/mol. The highest BCUT2D eigenvalue weighted by Gasteiger charge is 2.51. The van der Waals surface area contributed by atoms with E-state index >= 15 is 0 Å². The third-order valence-corrected chi connectivity index (χ3v) is 14.5. The maximum absolute atomic E-state index is 6.81. The summed E-state index contributed by atoms with van der Waals surface area (Å²) in [6.07, 6.45) is 0. The second kappa shape index (κ2) is 14.8. The van der Waals surface area contributed by atoms with Gasteiger partial charge in [0.25, 0.3) is 0 Å². The minimum Gasteiger partial charge on any atom is -0.457 e. The van der Waals surface area contributed by atoms with E-state index in [2.05, 4.69) is 193 Å². The second-order valence-electron chi connectivity index (χ2n) is 18.2. The van der Waals surface area contributed by atoms with Crippen LogP contribution in [0.1, 0.15) is 22.3 Å². The zero-order valence-corrected chi connectivity index (χ0v) is 37.5. The Morgan fingerprint density at radius 3 is 1.63 bits per heavy atom. The summed E-state index contributed by atoms with van der Waals surface area (Å²) in [5, 5.41) is 4.56. The Morgan fingerprint density at radius 2 is 0.929 bits per heavy atom. The molecule has 10 aromatic carbocycles. The van der Waals surface area contributed by atoms with Gasteiger partial charge in [0.2, 0.25) is 0 Å². The number of hydrogen-bond acceptors (Lipinski definition) is 5. The molecule has 3 aromatic heterocycles. The van der Waals surface area contributed by atoms with Gasteiger partial charge in [0.15, 0.2) is 17.5 Å². The van der Waals surface area contributed by atoms with Gasteiger partial charge in [-0.2, -0.15) is 0 Å². The SMILES string of the molecule is c1ccc(-c2nc(-c3ccccc3)nc(-c3ccc4c(c3)C3(c5ccccc5Oc5ccccc53)c3ccc(-c5cc6oc7ccccc7c6c6c5c5ccccc5n6-c5ccccc5)cc3-4)n2)cc1. The van der Waals surface area contributed by atoms with E-state index in [1.54, 1.807) is 0 Å². The second-order valence-corrected chi connectivity index (χ2v) is 18.2. The van der Waals surface area contributed by atoms with Crippen LogP contribution in [0.4, 0.5) is 0 Å². The highest BCUT2D eigenvalue weighted by molar-refractivity contribution is 6.28. The number of aromatic nitrogens is 4. The van der Waals surface area contributed by atoms with Crippen molar-refractivity contribution in [2.45, 2.75) is 5.41 Å². The zero-order valence-electron chi connectivity index (χ0n) is 37.5. The molecule has 0 saturated carbocycles. The topological polar surface area (TPSA) is 66.0 Å². The van der Waals surface area contributed by atoms with E-state index in [0.717, 1.165) is 106 Å². The Labute approximate surface area is 402 Å². The first-order valence-corrected chi connectivity index (χ1v) is 23.7. The molecule has 6 heteroatoms. The lowest BCUT2D eigenvalue weighted by Crippen LogP contribution is -2.32. The number of para-hydroxylation sites is 5. The van der Waals surface area contributed by atoms with Gasteiger partial charge >= 0.3 is 0 Å². The lowest BCUT2D eigenvalue weighted by atomic mass is 9.66. The van der Waals surface area contributed by atoms with Gasteiger partial charge in [-0.05, 0) is 88.0 Å².